The Morgan fingerprint density at radius 2 is 1.79 bits per heavy atom. The molecule has 100 valence electrons. The molecule has 3 nitrogen and oxygen atoms in total. The standard InChI is InChI=1S/C16H18O3/c1-4-18-14-8-6-7-12-9-10-13(11(3)17)16(15(12)14)19-5-2/h6-10H,4-5H2,1-3H3. The van der Waals surface area contributed by atoms with Crippen LogP contribution in [0.25, 0.3) is 10.8 Å². The molecule has 0 radical (unpaired) electrons. The lowest BCUT2D eigenvalue weighted by atomic mass is 10.0. The molecule has 2 aromatic carbocycles. The molecule has 0 amide bonds. The molecule has 0 bridgehead atoms. The van der Waals surface area contributed by atoms with Gasteiger partial charge < -0.3 is 9.47 Å². The highest BCUT2D eigenvalue weighted by Crippen LogP contribution is 2.37. The predicted molar refractivity (Wildman–Crippen MR) is 76.3 cm³/mol. The molecular formula is C16H18O3. The molecule has 2 aromatic rings. The molecule has 0 N–H and O–H groups in total. The normalized spacial score (nSPS) is 10.5. The lowest BCUT2D eigenvalue weighted by Crippen LogP contribution is -2.03. The van der Waals surface area contributed by atoms with Crippen molar-refractivity contribution < 1.29 is 14.3 Å². The second-order valence-electron chi connectivity index (χ2n) is 4.22. The second-order valence-corrected chi connectivity index (χ2v) is 4.22. The van der Waals surface area contributed by atoms with Crippen molar-refractivity contribution >= 4 is 16.6 Å². The third-order valence-electron chi connectivity index (χ3n) is 2.93. The number of carbonyl (C=O) groups is 1. The van der Waals surface area contributed by atoms with E-state index < -0.39 is 0 Å². The summed E-state index contributed by atoms with van der Waals surface area (Å²) in [6.07, 6.45) is 0. The van der Waals surface area contributed by atoms with Gasteiger partial charge in [-0.3, -0.25) is 4.79 Å². The summed E-state index contributed by atoms with van der Waals surface area (Å²) < 4.78 is 11.3. The summed E-state index contributed by atoms with van der Waals surface area (Å²) in [6, 6.07) is 9.57. The molecule has 0 saturated carbocycles. The average molecular weight is 258 g/mol. The molecule has 19 heavy (non-hydrogen) atoms. The zero-order chi connectivity index (χ0) is 13.8. The summed E-state index contributed by atoms with van der Waals surface area (Å²) in [6.45, 7) is 6.49. The Bertz CT molecular complexity index is 602. The lowest BCUT2D eigenvalue weighted by molar-refractivity contribution is 0.101. The number of ketones is 1. The summed E-state index contributed by atoms with van der Waals surface area (Å²) in [5, 5.41) is 1.89. The minimum Gasteiger partial charge on any atom is -0.493 e. The topological polar surface area (TPSA) is 35.5 Å². The first-order chi connectivity index (χ1) is 9.19. The quantitative estimate of drug-likeness (QED) is 0.764. The van der Waals surface area contributed by atoms with Crippen LogP contribution in [0.15, 0.2) is 30.3 Å². The van der Waals surface area contributed by atoms with E-state index in [1.54, 1.807) is 6.92 Å². The molecule has 0 unspecified atom stereocenters. The van der Waals surface area contributed by atoms with Crippen LogP contribution in [-0.4, -0.2) is 19.0 Å². The first kappa shape index (κ1) is 13.4. The number of carbonyl (C=O) groups excluding carboxylic acids is 1. The Kier molecular flexibility index (Phi) is 4.05. The largest absolute Gasteiger partial charge is 0.493 e. The Morgan fingerprint density at radius 3 is 2.42 bits per heavy atom. The van der Waals surface area contributed by atoms with Gasteiger partial charge in [0.15, 0.2) is 5.78 Å². The van der Waals surface area contributed by atoms with E-state index in [0.717, 1.165) is 16.5 Å². The van der Waals surface area contributed by atoms with E-state index in [0.29, 0.717) is 24.5 Å². The fourth-order valence-electron chi connectivity index (χ4n) is 2.16. The number of hydrogen-bond acceptors (Lipinski definition) is 3. The number of hydrogen-bond donors (Lipinski definition) is 0. The molecule has 0 atom stereocenters. The van der Waals surface area contributed by atoms with E-state index in [4.69, 9.17) is 9.47 Å². The molecule has 0 aliphatic heterocycles. The third-order valence-corrected chi connectivity index (χ3v) is 2.93. The van der Waals surface area contributed by atoms with Gasteiger partial charge in [0.2, 0.25) is 0 Å². The Labute approximate surface area is 113 Å². The fraction of sp³-hybridized carbons (Fsp3) is 0.312. The van der Waals surface area contributed by atoms with Crippen LogP contribution in [0.5, 0.6) is 11.5 Å². The van der Waals surface area contributed by atoms with Crippen LogP contribution in [0.1, 0.15) is 31.1 Å². The van der Waals surface area contributed by atoms with E-state index >= 15 is 0 Å². The molecule has 0 aliphatic rings. The first-order valence-corrected chi connectivity index (χ1v) is 6.51. The maximum Gasteiger partial charge on any atom is 0.163 e. The van der Waals surface area contributed by atoms with Crippen LogP contribution < -0.4 is 9.47 Å². The lowest BCUT2D eigenvalue weighted by Gasteiger charge is -2.15. The van der Waals surface area contributed by atoms with Crippen molar-refractivity contribution in [1.82, 2.24) is 0 Å². The number of ether oxygens (including phenoxy) is 2. The van der Waals surface area contributed by atoms with Crippen LogP contribution in [0.4, 0.5) is 0 Å². The van der Waals surface area contributed by atoms with Crippen LogP contribution in [0.2, 0.25) is 0 Å². The molecule has 2 rings (SSSR count). The van der Waals surface area contributed by atoms with Gasteiger partial charge in [0.05, 0.1) is 24.2 Å². The smallest absolute Gasteiger partial charge is 0.163 e. The van der Waals surface area contributed by atoms with E-state index in [9.17, 15) is 4.79 Å². The Balaban J connectivity index is 2.77. The summed E-state index contributed by atoms with van der Waals surface area (Å²) in [7, 11) is 0. The van der Waals surface area contributed by atoms with Crippen molar-refractivity contribution in [2.75, 3.05) is 13.2 Å². The van der Waals surface area contributed by atoms with Crippen LogP contribution in [-0.2, 0) is 0 Å². The van der Waals surface area contributed by atoms with E-state index in [-0.39, 0.29) is 5.78 Å². The van der Waals surface area contributed by atoms with Crippen molar-refractivity contribution in [2.24, 2.45) is 0 Å². The fourth-order valence-corrected chi connectivity index (χ4v) is 2.16. The highest BCUT2D eigenvalue weighted by molar-refractivity contribution is 6.05. The molecule has 0 fully saturated rings. The van der Waals surface area contributed by atoms with Gasteiger partial charge in [0.1, 0.15) is 11.5 Å². The van der Waals surface area contributed by atoms with Crippen LogP contribution >= 0.6 is 0 Å². The highest BCUT2D eigenvalue weighted by Gasteiger charge is 2.15. The summed E-state index contributed by atoms with van der Waals surface area (Å²) >= 11 is 0. The molecule has 0 heterocycles. The minimum atomic E-state index is -0.00310. The van der Waals surface area contributed by atoms with Crippen molar-refractivity contribution in [3.63, 3.8) is 0 Å². The maximum atomic E-state index is 11.7. The highest BCUT2D eigenvalue weighted by atomic mass is 16.5. The second kappa shape index (κ2) is 5.74. The van der Waals surface area contributed by atoms with Crippen LogP contribution in [0.3, 0.4) is 0 Å². The number of Topliss-reactive ketones (excluding diaryl/α,β-unsaturated/α-hetero) is 1. The Hall–Kier alpha value is -2.03. The number of fused-ring (bicyclic) bond motifs is 1. The van der Waals surface area contributed by atoms with E-state index in [1.165, 1.54) is 0 Å². The summed E-state index contributed by atoms with van der Waals surface area (Å²) in [5.41, 5.74) is 0.599. The van der Waals surface area contributed by atoms with Crippen molar-refractivity contribution in [3.8, 4) is 11.5 Å². The van der Waals surface area contributed by atoms with Crippen molar-refractivity contribution in [3.05, 3.63) is 35.9 Å². The number of benzene rings is 2. The van der Waals surface area contributed by atoms with E-state index in [2.05, 4.69) is 0 Å². The average Bonchev–Trinajstić information content (AvgIpc) is 2.39. The van der Waals surface area contributed by atoms with Crippen LogP contribution in [0, 0.1) is 0 Å². The van der Waals surface area contributed by atoms with Gasteiger partial charge in [-0.25, -0.2) is 0 Å². The summed E-state index contributed by atoms with van der Waals surface area (Å²) in [4.78, 5) is 11.7. The molecule has 0 aromatic heterocycles. The monoisotopic (exact) mass is 258 g/mol. The summed E-state index contributed by atoms with van der Waals surface area (Å²) in [5.74, 6) is 1.37. The molecule has 0 saturated heterocycles. The zero-order valence-corrected chi connectivity index (χ0v) is 11.5. The van der Waals surface area contributed by atoms with Gasteiger partial charge in [-0.15, -0.1) is 0 Å². The minimum absolute atomic E-state index is 0.00310. The Morgan fingerprint density at radius 1 is 1.05 bits per heavy atom. The SMILES string of the molecule is CCOc1cccc2ccc(C(C)=O)c(OCC)c12. The van der Waals surface area contributed by atoms with Gasteiger partial charge in [-0.05, 0) is 38.3 Å². The zero-order valence-electron chi connectivity index (χ0n) is 11.5. The predicted octanol–water partition coefficient (Wildman–Crippen LogP) is 3.84. The van der Waals surface area contributed by atoms with Crippen molar-refractivity contribution in [1.29, 1.82) is 0 Å². The molecule has 3 heteroatoms. The van der Waals surface area contributed by atoms with Gasteiger partial charge in [-0.2, -0.15) is 0 Å². The third kappa shape index (κ3) is 2.55. The van der Waals surface area contributed by atoms with Gasteiger partial charge in [0.25, 0.3) is 0 Å². The molecular weight excluding hydrogens is 240 g/mol. The van der Waals surface area contributed by atoms with Gasteiger partial charge >= 0.3 is 0 Å². The number of rotatable bonds is 5. The maximum absolute atomic E-state index is 11.7. The molecule has 0 aliphatic carbocycles. The van der Waals surface area contributed by atoms with Gasteiger partial charge in [0, 0.05) is 0 Å². The van der Waals surface area contributed by atoms with Crippen molar-refractivity contribution in [2.45, 2.75) is 20.8 Å². The van der Waals surface area contributed by atoms with Gasteiger partial charge in [-0.1, -0.05) is 18.2 Å². The first-order valence-electron chi connectivity index (χ1n) is 6.51. The van der Waals surface area contributed by atoms with E-state index in [1.807, 2.05) is 44.2 Å². The molecule has 0 spiro atoms.